The third kappa shape index (κ3) is 18.6. The van der Waals surface area contributed by atoms with Crippen LogP contribution in [0.25, 0.3) is 0 Å². The number of carbonyl (C=O) groups excluding carboxylic acids is 1. The molecule has 3 N–H and O–H groups in total. The van der Waals surface area contributed by atoms with Crippen LogP contribution in [0.5, 0.6) is 5.75 Å². The first kappa shape index (κ1) is 34.7. The standard InChI is InChI=1S/C33H51N2O5P/c1-2-3-4-5-6-7-8-9-10-11-12-13-14-15-19-33(36)35-30(24-26-41(37,38)39)27-29-20-22-32(23-21-29)40-28-31-18-16-17-25-34-31/h8-9,16-18,20-23,25,30H,2-7,10-15,19,24,26-28H2,1H3,(H,35,36)(H2,37,38,39). The van der Waals surface area contributed by atoms with Crippen molar-refractivity contribution in [2.24, 2.45) is 0 Å². The summed E-state index contributed by atoms with van der Waals surface area (Å²) in [5.74, 6) is 0.655. The molecule has 0 radical (unpaired) electrons. The summed E-state index contributed by atoms with van der Waals surface area (Å²) in [6, 6.07) is 12.9. The molecule has 1 unspecified atom stereocenters. The summed E-state index contributed by atoms with van der Waals surface area (Å²) in [5.41, 5.74) is 1.81. The number of nitrogens with one attached hydrogen (secondary N) is 1. The monoisotopic (exact) mass is 586 g/mol. The molecule has 0 saturated carbocycles. The Hall–Kier alpha value is -2.47. The lowest BCUT2D eigenvalue weighted by Crippen LogP contribution is -2.37. The van der Waals surface area contributed by atoms with Crippen LogP contribution in [0.3, 0.4) is 0 Å². The Balaban J connectivity index is 1.66. The van der Waals surface area contributed by atoms with Crippen LogP contribution in [0.4, 0.5) is 0 Å². The molecular formula is C33H51N2O5P. The van der Waals surface area contributed by atoms with Crippen molar-refractivity contribution in [1.29, 1.82) is 0 Å². The van der Waals surface area contributed by atoms with E-state index in [1.54, 1.807) is 6.20 Å². The molecule has 1 heterocycles. The fourth-order valence-electron chi connectivity index (χ4n) is 4.68. The van der Waals surface area contributed by atoms with Gasteiger partial charge < -0.3 is 19.8 Å². The highest BCUT2D eigenvalue weighted by molar-refractivity contribution is 7.51. The Morgan fingerprint density at radius 1 is 0.927 bits per heavy atom. The molecule has 0 aliphatic rings. The maximum Gasteiger partial charge on any atom is 0.325 e. The fourth-order valence-corrected chi connectivity index (χ4v) is 5.32. The highest BCUT2D eigenvalue weighted by Gasteiger charge is 2.19. The largest absolute Gasteiger partial charge is 0.487 e. The quantitative estimate of drug-likeness (QED) is 0.0694. The molecule has 1 amide bonds. The second kappa shape index (κ2) is 21.3. The minimum atomic E-state index is -4.15. The molecule has 0 spiro atoms. The summed E-state index contributed by atoms with van der Waals surface area (Å²) in [7, 11) is -4.15. The van der Waals surface area contributed by atoms with Crippen LogP contribution < -0.4 is 10.1 Å². The Bertz CT molecular complexity index is 1020. The van der Waals surface area contributed by atoms with Crippen molar-refractivity contribution < 1.29 is 23.9 Å². The molecule has 0 aliphatic heterocycles. The van der Waals surface area contributed by atoms with Gasteiger partial charge in [-0.05, 0) is 74.8 Å². The van der Waals surface area contributed by atoms with Crippen LogP contribution in [0, 0.1) is 0 Å². The predicted octanol–water partition coefficient (Wildman–Crippen LogP) is 7.90. The van der Waals surface area contributed by atoms with Gasteiger partial charge in [-0.15, -0.1) is 0 Å². The molecule has 2 rings (SSSR count). The number of benzene rings is 1. The zero-order valence-electron chi connectivity index (χ0n) is 24.9. The normalized spacial score (nSPS) is 12.5. The molecule has 8 heteroatoms. The van der Waals surface area contributed by atoms with Crippen LogP contribution in [-0.4, -0.2) is 32.9 Å². The number of hydrogen-bond acceptors (Lipinski definition) is 4. The highest BCUT2D eigenvalue weighted by atomic mass is 31.2. The molecule has 0 saturated heterocycles. The summed E-state index contributed by atoms with van der Waals surface area (Å²) < 4.78 is 17.3. The summed E-state index contributed by atoms with van der Waals surface area (Å²) in [6.07, 6.45) is 21.6. The predicted molar refractivity (Wildman–Crippen MR) is 167 cm³/mol. The molecule has 0 fully saturated rings. The van der Waals surface area contributed by atoms with Crippen molar-refractivity contribution in [3.63, 3.8) is 0 Å². The Labute approximate surface area is 247 Å². The minimum absolute atomic E-state index is 0.0575. The van der Waals surface area contributed by atoms with Gasteiger partial charge in [0.2, 0.25) is 5.91 Å². The first-order chi connectivity index (χ1) is 19.9. The molecule has 2 aromatic rings. The molecule has 1 aromatic heterocycles. The molecular weight excluding hydrogens is 535 g/mol. The van der Waals surface area contributed by atoms with Gasteiger partial charge in [-0.25, -0.2) is 0 Å². The van der Waals surface area contributed by atoms with Crippen LogP contribution in [0.2, 0.25) is 0 Å². The van der Waals surface area contributed by atoms with Gasteiger partial charge in [0.25, 0.3) is 0 Å². The molecule has 41 heavy (non-hydrogen) atoms. The maximum atomic E-state index is 12.6. The van der Waals surface area contributed by atoms with Gasteiger partial charge in [-0.3, -0.25) is 14.3 Å². The zero-order chi connectivity index (χ0) is 29.6. The molecule has 1 atom stereocenters. The van der Waals surface area contributed by atoms with Gasteiger partial charge in [0, 0.05) is 18.7 Å². The third-order valence-electron chi connectivity index (χ3n) is 7.07. The van der Waals surface area contributed by atoms with Gasteiger partial charge >= 0.3 is 7.60 Å². The first-order valence-electron chi connectivity index (χ1n) is 15.5. The van der Waals surface area contributed by atoms with Gasteiger partial charge in [-0.1, -0.05) is 82.2 Å². The number of allylic oxidation sites excluding steroid dienone is 2. The van der Waals surface area contributed by atoms with Crippen molar-refractivity contribution in [1.82, 2.24) is 10.3 Å². The van der Waals surface area contributed by atoms with E-state index in [0.717, 1.165) is 36.9 Å². The maximum absolute atomic E-state index is 12.6. The van der Waals surface area contributed by atoms with Crippen molar-refractivity contribution in [3.8, 4) is 5.75 Å². The SMILES string of the molecule is CCCCCCCC=CCCCCCCCC(=O)NC(CCP(=O)(O)O)Cc1ccc(OCc2ccccn2)cc1. The van der Waals surface area contributed by atoms with E-state index in [1.807, 2.05) is 42.5 Å². The van der Waals surface area contributed by atoms with E-state index in [9.17, 15) is 19.1 Å². The van der Waals surface area contributed by atoms with E-state index >= 15 is 0 Å². The summed E-state index contributed by atoms with van der Waals surface area (Å²) in [6.45, 7) is 2.62. The number of unbranched alkanes of at least 4 members (excludes halogenated alkanes) is 10. The number of nitrogens with zero attached hydrogens (tertiary/aromatic N) is 1. The van der Waals surface area contributed by atoms with Crippen molar-refractivity contribution >= 4 is 13.5 Å². The lowest BCUT2D eigenvalue weighted by Gasteiger charge is -2.19. The number of ether oxygens (including phenoxy) is 1. The number of rotatable bonds is 23. The van der Waals surface area contributed by atoms with Crippen molar-refractivity contribution in [2.75, 3.05) is 6.16 Å². The van der Waals surface area contributed by atoms with Crippen LogP contribution >= 0.6 is 7.60 Å². The Kier molecular flexibility index (Phi) is 18.0. The van der Waals surface area contributed by atoms with Gasteiger partial charge in [-0.2, -0.15) is 0 Å². The van der Waals surface area contributed by atoms with E-state index in [4.69, 9.17) is 4.74 Å². The summed E-state index contributed by atoms with van der Waals surface area (Å²) in [4.78, 5) is 35.6. The van der Waals surface area contributed by atoms with Gasteiger partial charge in [0.1, 0.15) is 12.4 Å². The van der Waals surface area contributed by atoms with Crippen LogP contribution in [0.1, 0.15) is 108 Å². The van der Waals surface area contributed by atoms with E-state index in [-0.39, 0.29) is 24.5 Å². The Morgan fingerprint density at radius 3 is 2.22 bits per heavy atom. The molecule has 228 valence electrons. The summed E-state index contributed by atoms with van der Waals surface area (Å²) in [5, 5.41) is 3.02. The van der Waals surface area contributed by atoms with E-state index < -0.39 is 7.60 Å². The second-order valence-electron chi connectivity index (χ2n) is 10.9. The van der Waals surface area contributed by atoms with Crippen LogP contribution in [0.15, 0.2) is 60.8 Å². The van der Waals surface area contributed by atoms with Crippen LogP contribution in [-0.2, 0) is 22.4 Å². The molecule has 0 bridgehead atoms. The third-order valence-corrected chi connectivity index (χ3v) is 7.91. The number of amides is 1. The second-order valence-corrected chi connectivity index (χ2v) is 12.7. The fraction of sp³-hybridized carbons (Fsp3) is 0.576. The van der Waals surface area contributed by atoms with E-state index in [1.165, 1.54) is 51.4 Å². The number of aromatic nitrogens is 1. The minimum Gasteiger partial charge on any atom is -0.487 e. The van der Waals surface area contributed by atoms with Gasteiger partial charge in [0.15, 0.2) is 0 Å². The highest BCUT2D eigenvalue weighted by Crippen LogP contribution is 2.35. The number of carbonyl (C=O) groups is 1. The average Bonchev–Trinajstić information content (AvgIpc) is 2.96. The van der Waals surface area contributed by atoms with Crippen molar-refractivity contribution in [2.45, 2.75) is 116 Å². The lowest BCUT2D eigenvalue weighted by molar-refractivity contribution is -0.121. The first-order valence-corrected chi connectivity index (χ1v) is 17.3. The van der Waals surface area contributed by atoms with E-state index in [2.05, 4.69) is 29.4 Å². The topological polar surface area (TPSA) is 109 Å². The molecule has 7 nitrogen and oxygen atoms in total. The molecule has 0 aliphatic carbocycles. The number of hydrogen-bond donors (Lipinski definition) is 3. The molecule has 1 aromatic carbocycles. The zero-order valence-corrected chi connectivity index (χ0v) is 25.8. The summed E-state index contributed by atoms with van der Waals surface area (Å²) >= 11 is 0. The number of pyridine rings is 1. The lowest BCUT2D eigenvalue weighted by atomic mass is 10.0. The smallest absolute Gasteiger partial charge is 0.325 e. The van der Waals surface area contributed by atoms with Gasteiger partial charge in [0.05, 0.1) is 11.9 Å². The van der Waals surface area contributed by atoms with Crippen molar-refractivity contribution in [3.05, 3.63) is 72.1 Å². The average molecular weight is 587 g/mol. The Morgan fingerprint density at radius 2 is 1.59 bits per heavy atom. The van der Waals surface area contributed by atoms with E-state index in [0.29, 0.717) is 25.2 Å².